The highest BCUT2D eigenvalue weighted by Crippen LogP contribution is 2.16. The van der Waals surface area contributed by atoms with Crippen LogP contribution >= 0.6 is 11.8 Å². The van der Waals surface area contributed by atoms with Crippen LogP contribution in [0.25, 0.3) is 0 Å². The first kappa shape index (κ1) is 17.0. The molecular formula is C15H22O4S. The summed E-state index contributed by atoms with van der Waals surface area (Å²) in [4.78, 5) is 10.6. The average molecular weight is 298 g/mol. The molecule has 5 heteroatoms. The molecule has 0 heterocycles. The molecule has 0 amide bonds. The zero-order valence-electron chi connectivity index (χ0n) is 12.1. The molecule has 20 heavy (non-hydrogen) atoms. The van der Waals surface area contributed by atoms with E-state index in [2.05, 4.69) is 12.1 Å². The van der Waals surface area contributed by atoms with Crippen LogP contribution in [-0.2, 0) is 20.0 Å². The van der Waals surface area contributed by atoms with Crippen molar-refractivity contribution in [3.8, 4) is 5.75 Å². The number of hydrogen-bond acceptors (Lipinski definition) is 5. The molecule has 0 unspecified atom stereocenters. The van der Waals surface area contributed by atoms with E-state index in [4.69, 9.17) is 14.2 Å². The van der Waals surface area contributed by atoms with E-state index in [1.807, 2.05) is 23.9 Å². The summed E-state index contributed by atoms with van der Waals surface area (Å²) in [6.45, 7) is 3.40. The molecule has 0 saturated heterocycles. The van der Waals surface area contributed by atoms with Crippen molar-refractivity contribution in [3.63, 3.8) is 0 Å². The van der Waals surface area contributed by atoms with Crippen molar-refractivity contribution in [2.75, 3.05) is 39.3 Å². The number of methoxy groups -OCH3 is 1. The minimum Gasteiger partial charge on any atom is -0.497 e. The van der Waals surface area contributed by atoms with Gasteiger partial charge in [-0.05, 0) is 24.6 Å². The summed E-state index contributed by atoms with van der Waals surface area (Å²) in [7, 11) is 1.67. The molecule has 112 valence electrons. The Morgan fingerprint density at radius 3 is 2.45 bits per heavy atom. The number of carbonyl (C=O) groups is 1. The van der Waals surface area contributed by atoms with Crippen molar-refractivity contribution >= 4 is 17.5 Å². The minimum absolute atomic E-state index is 0.0417. The number of Topliss-reactive ketones (excluding diaryl/α,β-unsaturated/α-hetero) is 1. The molecular weight excluding hydrogens is 276 g/mol. The number of ketones is 1. The fourth-order valence-corrected chi connectivity index (χ4v) is 2.27. The molecule has 4 nitrogen and oxygen atoms in total. The number of thioether (sulfide) groups is 1. The third kappa shape index (κ3) is 8.19. The van der Waals surface area contributed by atoms with Gasteiger partial charge in [0.15, 0.2) is 5.78 Å². The quantitative estimate of drug-likeness (QED) is 0.587. The highest BCUT2D eigenvalue weighted by atomic mass is 32.2. The van der Waals surface area contributed by atoms with E-state index in [1.54, 1.807) is 7.11 Å². The third-order valence-electron chi connectivity index (χ3n) is 2.48. The van der Waals surface area contributed by atoms with Gasteiger partial charge in [0.2, 0.25) is 0 Å². The Kier molecular flexibility index (Phi) is 9.11. The fraction of sp³-hybridized carbons (Fsp3) is 0.533. The maximum absolute atomic E-state index is 10.6. The lowest BCUT2D eigenvalue weighted by Gasteiger charge is -2.05. The van der Waals surface area contributed by atoms with Crippen LogP contribution < -0.4 is 4.74 Å². The molecule has 1 rings (SSSR count). The summed E-state index contributed by atoms with van der Waals surface area (Å²) in [5.41, 5.74) is 1.28. The van der Waals surface area contributed by atoms with Gasteiger partial charge in [-0.2, -0.15) is 11.8 Å². The first-order valence-corrected chi connectivity index (χ1v) is 7.73. The largest absolute Gasteiger partial charge is 0.497 e. The molecule has 0 aliphatic heterocycles. The summed E-state index contributed by atoms with van der Waals surface area (Å²) in [5.74, 6) is 2.83. The van der Waals surface area contributed by atoms with Crippen LogP contribution in [0, 0.1) is 0 Å². The predicted molar refractivity (Wildman–Crippen MR) is 81.5 cm³/mol. The van der Waals surface area contributed by atoms with Crippen LogP contribution in [0.1, 0.15) is 12.5 Å². The molecule has 0 atom stereocenters. The Hall–Kier alpha value is -1.04. The standard InChI is InChI=1S/C15H22O4S/c1-13(16)11-19-8-7-18-9-10-20-12-14-3-5-15(17-2)6-4-14/h3-6H,7-12H2,1-2H3. The molecule has 0 aliphatic carbocycles. The van der Waals surface area contributed by atoms with Gasteiger partial charge in [0.25, 0.3) is 0 Å². The number of carbonyl (C=O) groups excluding carboxylic acids is 1. The first-order chi connectivity index (χ1) is 9.72. The fourth-order valence-electron chi connectivity index (χ4n) is 1.47. The van der Waals surface area contributed by atoms with Crippen LogP contribution in [0.4, 0.5) is 0 Å². The van der Waals surface area contributed by atoms with Crippen LogP contribution in [0.15, 0.2) is 24.3 Å². The molecule has 0 aromatic heterocycles. The Morgan fingerprint density at radius 1 is 1.10 bits per heavy atom. The average Bonchev–Trinajstić information content (AvgIpc) is 2.46. The number of hydrogen-bond donors (Lipinski definition) is 0. The molecule has 1 aromatic carbocycles. The van der Waals surface area contributed by atoms with E-state index in [0.29, 0.717) is 19.8 Å². The SMILES string of the molecule is COc1ccc(CSCCOCCOCC(C)=O)cc1. The smallest absolute Gasteiger partial charge is 0.155 e. The molecule has 0 bridgehead atoms. The monoisotopic (exact) mass is 298 g/mol. The Balaban J connectivity index is 1.95. The summed E-state index contributed by atoms with van der Waals surface area (Å²) in [6, 6.07) is 8.09. The third-order valence-corrected chi connectivity index (χ3v) is 3.47. The molecule has 0 saturated carbocycles. The summed E-state index contributed by atoms with van der Waals surface area (Å²) >= 11 is 1.83. The number of benzene rings is 1. The van der Waals surface area contributed by atoms with E-state index in [-0.39, 0.29) is 12.4 Å². The second kappa shape index (κ2) is 10.7. The van der Waals surface area contributed by atoms with Gasteiger partial charge in [0, 0.05) is 11.5 Å². The van der Waals surface area contributed by atoms with E-state index in [0.717, 1.165) is 17.3 Å². The van der Waals surface area contributed by atoms with Gasteiger partial charge in [0.05, 0.1) is 26.9 Å². The van der Waals surface area contributed by atoms with Gasteiger partial charge in [-0.15, -0.1) is 0 Å². The lowest BCUT2D eigenvalue weighted by atomic mass is 10.2. The van der Waals surface area contributed by atoms with Crippen molar-refractivity contribution in [2.45, 2.75) is 12.7 Å². The molecule has 0 aliphatic rings. The zero-order chi connectivity index (χ0) is 14.6. The second-order valence-electron chi connectivity index (χ2n) is 4.27. The zero-order valence-corrected chi connectivity index (χ0v) is 12.9. The van der Waals surface area contributed by atoms with Crippen molar-refractivity contribution in [2.24, 2.45) is 0 Å². The van der Waals surface area contributed by atoms with Gasteiger partial charge in [0.1, 0.15) is 12.4 Å². The number of ether oxygens (including phenoxy) is 3. The highest BCUT2D eigenvalue weighted by Gasteiger charge is 1.96. The lowest BCUT2D eigenvalue weighted by Crippen LogP contribution is -2.10. The predicted octanol–water partition coefficient (Wildman–Crippen LogP) is 2.55. The second-order valence-corrected chi connectivity index (χ2v) is 5.37. The van der Waals surface area contributed by atoms with Gasteiger partial charge >= 0.3 is 0 Å². The molecule has 0 spiro atoms. The Labute approximate surface area is 124 Å². The summed E-state index contributed by atoms with van der Waals surface area (Å²) in [5, 5.41) is 0. The van der Waals surface area contributed by atoms with E-state index in [9.17, 15) is 4.79 Å². The van der Waals surface area contributed by atoms with Crippen molar-refractivity contribution in [3.05, 3.63) is 29.8 Å². The van der Waals surface area contributed by atoms with E-state index >= 15 is 0 Å². The van der Waals surface area contributed by atoms with Gasteiger partial charge in [-0.25, -0.2) is 0 Å². The normalized spacial score (nSPS) is 10.5. The Bertz CT molecular complexity index is 378. The maximum Gasteiger partial charge on any atom is 0.155 e. The van der Waals surface area contributed by atoms with Crippen LogP contribution in [0.2, 0.25) is 0 Å². The van der Waals surface area contributed by atoms with Gasteiger partial charge < -0.3 is 14.2 Å². The van der Waals surface area contributed by atoms with Crippen LogP contribution in [-0.4, -0.2) is 45.1 Å². The highest BCUT2D eigenvalue weighted by molar-refractivity contribution is 7.98. The number of rotatable bonds is 11. The maximum atomic E-state index is 10.6. The van der Waals surface area contributed by atoms with Crippen molar-refractivity contribution in [1.82, 2.24) is 0 Å². The van der Waals surface area contributed by atoms with Crippen molar-refractivity contribution < 1.29 is 19.0 Å². The molecule has 0 fully saturated rings. The van der Waals surface area contributed by atoms with Gasteiger partial charge in [-0.3, -0.25) is 4.79 Å². The Morgan fingerprint density at radius 2 is 1.80 bits per heavy atom. The summed E-state index contributed by atoms with van der Waals surface area (Å²) in [6.07, 6.45) is 0. The van der Waals surface area contributed by atoms with Crippen LogP contribution in [0.5, 0.6) is 5.75 Å². The lowest BCUT2D eigenvalue weighted by molar-refractivity contribution is -0.121. The molecule has 1 aromatic rings. The van der Waals surface area contributed by atoms with E-state index in [1.165, 1.54) is 12.5 Å². The van der Waals surface area contributed by atoms with Crippen molar-refractivity contribution in [1.29, 1.82) is 0 Å². The van der Waals surface area contributed by atoms with E-state index < -0.39 is 0 Å². The first-order valence-electron chi connectivity index (χ1n) is 6.58. The molecule has 0 N–H and O–H groups in total. The topological polar surface area (TPSA) is 44.8 Å². The van der Waals surface area contributed by atoms with Gasteiger partial charge in [-0.1, -0.05) is 12.1 Å². The minimum atomic E-state index is 0.0417. The summed E-state index contributed by atoms with van der Waals surface area (Å²) < 4.78 is 15.6. The molecule has 0 radical (unpaired) electrons. The van der Waals surface area contributed by atoms with Crippen LogP contribution in [0.3, 0.4) is 0 Å².